The fourth-order valence-electron chi connectivity index (χ4n) is 2.33. The summed E-state index contributed by atoms with van der Waals surface area (Å²) in [6.07, 6.45) is 4.04. The van der Waals surface area contributed by atoms with E-state index in [-0.39, 0.29) is 11.7 Å². The third kappa shape index (κ3) is 4.32. The van der Waals surface area contributed by atoms with Crippen LogP contribution in [0.2, 0.25) is 0 Å². The third-order valence-corrected chi connectivity index (χ3v) is 3.51. The molecule has 0 aliphatic heterocycles. The lowest BCUT2D eigenvalue weighted by Crippen LogP contribution is -2.27. The van der Waals surface area contributed by atoms with Gasteiger partial charge in [-0.05, 0) is 24.3 Å². The van der Waals surface area contributed by atoms with E-state index in [1.165, 1.54) is 12.3 Å². The second-order valence-corrected chi connectivity index (χ2v) is 5.36. The summed E-state index contributed by atoms with van der Waals surface area (Å²) < 4.78 is 20.2. The Kier molecular flexibility index (Phi) is 5.05. The minimum Gasteiger partial charge on any atom is -0.493 e. The van der Waals surface area contributed by atoms with Crippen molar-refractivity contribution in [3.05, 3.63) is 66.4 Å². The van der Waals surface area contributed by atoms with Gasteiger partial charge in [-0.3, -0.25) is 4.79 Å². The molecule has 0 aliphatic carbocycles. The number of nitrogens with one attached hydrogen (secondary N) is 1. The van der Waals surface area contributed by atoms with Gasteiger partial charge in [-0.2, -0.15) is 0 Å². The number of hydrogen-bond donors (Lipinski definition) is 1. The van der Waals surface area contributed by atoms with Gasteiger partial charge in [-0.15, -0.1) is 0 Å². The van der Waals surface area contributed by atoms with Crippen LogP contribution in [0, 0.1) is 5.82 Å². The van der Waals surface area contributed by atoms with Crippen molar-refractivity contribution < 1.29 is 13.9 Å². The van der Waals surface area contributed by atoms with E-state index < -0.39 is 0 Å². The number of fused-ring (bicyclic) bond motifs is 1. The summed E-state index contributed by atoms with van der Waals surface area (Å²) in [6, 6.07) is 12.4. The number of ether oxygens (including phenoxy) is 1. The van der Waals surface area contributed by atoms with E-state index in [2.05, 4.69) is 10.3 Å². The fraction of sp³-hybridized carbons (Fsp3) is 0.222. The zero-order chi connectivity index (χ0) is 16.8. The normalized spacial score (nSPS) is 10.7. The van der Waals surface area contributed by atoms with Crippen LogP contribution in [0.1, 0.15) is 12.1 Å². The number of para-hydroxylation sites is 1. The lowest BCUT2D eigenvalue weighted by atomic mass is 10.3. The summed E-state index contributed by atoms with van der Waals surface area (Å²) >= 11 is 0. The van der Waals surface area contributed by atoms with Crippen LogP contribution < -0.4 is 10.1 Å². The highest BCUT2D eigenvalue weighted by Crippen LogP contribution is 2.09. The van der Waals surface area contributed by atoms with Crippen LogP contribution in [0.15, 0.2) is 54.9 Å². The van der Waals surface area contributed by atoms with Gasteiger partial charge in [-0.25, -0.2) is 9.37 Å². The Morgan fingerprint density at radius 1 is 1.17 bits per heavy atom. The molecule has 6 heteroatoms. The molecule has 124 valence electrons. The summed E-state index contributed by atoms with van der Waals surface area (Å²) in [7, 11) is 0. The molecule has 0 fully saturated rings. The van der Waals surface area contributed by atoms with Crippen LogP contribution in [0.3, 0.4) is 0 Å². The maximum absolute atomic E-state index is 13.1. The van der Waals surface area contributed by atoms with Crippen LogP contribution in [-0.4, -0.2) is 28.4 Å². The average Bonchev–Trinajstić information content (AvgIpc) is 2.97. The quantitative estimate of drug-likeness (QED) is 0.726. The molecule has 0 saturated heterocycles. The van der Waals surface area contributed by atoms with E-state index in [0.29, 0.717) is 31.6 Å². The molecular weight excluding hydrogens is 309 g/mol. The predicted molar refractivity (Wildman–Crippen MR) is 88.4 cm³/mol. The molecular formula is C18H18FN3O2. The minimum atomic E-state index is -0.307. The summed E-state index contributed by atoms with van der Waals surface area (Å²) in [4.78, 5) is 16.1. The van der Waals surface area contributed by atoms with Gasteiger partial charge in [0, 0.05) is 25.4 Å². The van der Waals surface area contributed by atoms with Crippen LogP contribution in [0.5, 0.6) is 5.75 Å². The maximum Gasteiger partial charge on any atom is 0.223 e. The Labute approximate surface area is 139 Å². The molecule has 0 unspecified atom stereocenters. The number of pyridine rings is 1. The fourth-order valence-corrected chi connectivity index (χ4v) is 2.33. The molecule has 2 aromatic heterocycles. The van der Waals surface area contributed by atoms with Gasteiger partial charge in [0.1, 0.15) is 17.2 Å². The number of aromatic nitrogens is 2. The Hall–Kier alpha value is -2.89. The first-order valence-electron chi connectivity index (χ1n) is 7.78. The molecule has 0 aliphatic rings. The van der Waals surface area contributed by atoms with E-state index in [1.807, 2.05) is 30.3 Å². The van der Waals surface area contributed by atoms with E-state index in [9.17, 15) is 9.18 Å². The molecule has 1 N–H and O–H groups in total. The van der Waals surface area contributed by atoms with E-state index >= 15 is 0 Å². The highest BCUT2D eigenvalue weighted by molar-refractivity contribution is 5.75. The molecule has 5 nitrogen and oxygen atoms in total. The van der Waals surface area contributed by atoms with Gasteiger partial charge in [0.2, 0.25) is 5.91 Å². The first-order chi connectivity index (χ1) is 11.7. The Bertz CT molecular complexity index is 818. The van der Waals surface area contributed by atoms with Crippen molar-refractivity contribution in [1.29, 1.82) is 0 Å². The van der Waals surface area contributed by atoms with Gasteiger partial charge >= 0.3 is 0 Å². The van der Waals surface area contributed by atoms with Crippen molar-refractivity contribution in [1.82, 2.24) is 14.7 Å². The van der Waals surface area contributed by atoms with Crippen molar-refractivity contribution in [2.24, 2.45) is 0 Å². The summed E-state index contributed by atoms with van der Waals surface area (Å²) in [5.74, 6) is 0.376. The van der Waals surface area contributed by atoms with E-state index in [0.717, 1.165) is 11.4 Å². The van der Waals surface area contributed by atoms with Gasteiger partial charge in [-0.1, -0.05) is 18.2 Å². The Morgan fingerprint density at radius 3 is 2.83 bits per heavy atom. The van der Waals surface area contributed by atoms with Gasteiger partial charge in [0.05, 0.1) is 18.7 Å². The zero-order valence-electron chi connectivity index (χ0n) is 13.1. The van der Waals surface area contributed by atoms with Crippen LogP contribution >= 0.6 is 0 Å². The van der Waals surface area contributed by atoms with E-state index in [1.54, 1.807) is 16.7 Å². The lowest BCUT2D eigenvalue weighted by Gasteiger charge is -2.06. The van der Waals surface area contributed by atoms with Crippen molar-refractivity contribution in [3.63, 3.8) is 0 Å². The number of nitrogens with zero attached hydrogens (tertiary/aromatic N) is 2. The number of halogens is 1. The summed E-state index contributed by atoms with van der Waals surface area (Å²) in [5.41, 5.74) is 1.50. The number of rotatable bonds is 7. The topological polar surface area (TPSA) is 55.6 Å². The molecule has 0 atom stereocenters. The summed E-state index contributed by atoms with van der Waals surface area (Å²) in [5, 5.41) is 2.83. The molecule has 0 saturated carbocycles. The predicted octanol–water partition coefficient (Wildman–Crippen LogP) is 2.60. The first-order valence-corrected chi connectivity index (χ1v) is 7.78. The zero-order valence-corrected chi connectivity index (χ0v) is 13.1. The second kappa shape index (κ2) is 7.59. The standard InChI is InChI=1S/C18H18FN3O2/c19-14-6-7-17-21-15(13-22(17)12-14)8-10-20-18(23)9-11-24-16-4-2-1-3-5-16/h1-7,12-13H,8-11H2,(H,20,23). The maximum atomic E-state index is 13.1. The molecule has 1 amide bonds. The van der Waals surface area contributed by atoms with E-state index in [4.69, 9.17) is 4.74 Å². The third-order valence-electron chi connectivity index (χ3n) is 3.51. The SMILES string of the molecule is O=C(CCOc1ccccc1)NCCc1cn2cc(F)ccc2n1. The van der Waals surface area contributed by atoms with Crippen molar-refractivity contribution >= 4 is 11.6 Å². The number of benzene rings is 1. The smallest absolute Gasteiger partial charge is 0.223 e. The highest BCUT2D eigenvalue weighted by atomic mass is 19.1. The van der Waals surface area contributed by atoms with Crippen molar-refractivity contribution in [2.75, 3.05) is 13.2 Å². The van der Waals surface area contributed by atoms with Crippen LogP contribution in [0.4, 0.5) is 4.39 Å². The minimum absolute atomic E-state index is 0.0688. The number of imidazole rings is 1. The van der Waals surface area contributed by atoms with Gasteiger partial charge < -0.3 is 14.5 Å². The van der Waals surface area contributed by atoms with Crippen molar-refractivity contribution in [2.45, 2.75) is 12.8 Å². The monoisotopic (exact) mass is 327 g/mol. The number of carbonyl (C=O) groups is 1. The number of hydrogen-bond acceptors (Lipinski definition) is 3. The second-order valence-electron chi connectivity index (χ2n) is 5.36. The average molecular weight is 327 g/mol. The number of carbonyl (C=O) groups excluding carboxylic acids is 1. The Morgan fingerprint density at radius 2 is 2.00 bits per heavy atom. The molecule has 3 rings (SSSR count). The number of amides is 1. The molecule has 0 bridgehead atoms. The molecule has 1 aromatic carbocycles. The van der Waals surface area contributed by atoms with Gasteiger partial charge in [0.25, 0.3) is 0 Å². The molecule has 0 radical (unpaired) electrons. The molecule has 3 aromatic rings. The largest absolute Gasteiger partial charge is 0.493 e. The first kappa shape index (κ1) is 16.0. The molecule has 24 heavy (non-hydrogen) atoms. The van der Waals surface area contributed by atoms with Crippen molar-refractivity contribution in [3.8, 4) is 5.75 Å². The lowest BCUT2D eigenvalue weighted by molar-refractivity contribution is -0.121. The van der Waals surface area contributed by atoms with Crippen LogP contribution in [-0.2, 0) is 11.2 Å². The molecule has 2 heterocycles. The molecule has 0 spiro atoms. The highest BCUT2D eigenvalue weighted by Gasteiger charge is 2.05. The van der Waals surface area contributed by atoms with Gasteiger partial charge in [0.15, 0.2) is 0 Å². The summed E-state index contributed by atoms with van der Waals surface area (Å²) in [6.45, 7) is 0.819. The Balaban J connectivity index is 1.39. The van der Waals surface area contributed by atoms with Crippen LogP contribution in [0.25, 0.3) is 5.65 Å².